The molecule has 0 atom stereocenters. The Hall–Kier alpha value is -1.61. The van der Waals surface area contributed by atoms with E-state index < -0.39 is 12.5 Å². The summed E-state index contributed by atoms with van der Waals surface area (Å²) >= 11 is 5.65. The third-order valence-corrected chi connectivity index (χ3v) is 3.24. The molecule has 20 heavy (non-hydrogen) atoms. The minimum atomic E-state index is -2.89. The van der Waals surface area contributed by atoms with Crippen LogP contribution < -0.4 is 5.32 Å². The molecule has 0 radical (unpaired) electrons. The summed E-state index contributed by atoms with van der Waals surface area (Å²) in [7, 11) is 0. The Morgan fingerprint density at radius 3 is 2.20 bits per heavy atom. The Bertz CT molecular complexity index is 526. The van der Waals surface area contributed by atoms with E-state index in [2.05, 4.69) is 5.32 Å². The van der Waals surface area contributed by atoms with E-state index >= 15 is 0 Å². The lowest BCUT2D eigenvalue weighted by molar-refractivity contribution is 0.0106. The largest absolute Gasteiger partial charge is 0.379 e. The standard InChI is InChI=1S/C16H16ClF2N/c17-11-10-13-6-8-15(9-7-13)20-12-16(18,19)14-4-2-1-3-5-14/h1-9,20H,10-12H2. The summed E-state index contributed by atoms with van der Waals surface area (Å²) in [5, 5.41) is 2.77. The summed E-state index contributed by atoms with van der Waals surface area (Å²) in [6.07, 6.45) is 0.780. The Morgan fingerprint density at radius 2 is 1.60 bits per heavy atom. The average Bonchev–Trinajstić information content (AvgIpc) is 2.48. The normalized spacial score (nSPS) is 11.3. The van der Waals surface area contributed by atoms with E-state index in [1.807, 2.05) is 12.1 Å². The molecule has 106 valence electrons. The summed E-state index contributed by atoms with van der Waals surface area (Å²) in [4.78, 5) is 0. The molecule has 2 rings (SSSR count). The number of benzene rings is 2. The van der Waals surface area contributed by atoms with Crippen molar-refractivity contribution in [2.45, 2.75) is 12.3 Å². The van der Waals surface area contributed by atoms with Crippen LogP contribution in [0, 0.1) is 0 Å². The fourth-order valence-electron chi connectivity index (χ4n) is 1.90. The van der Waals surface area contributed by atoms with Crippen molar-refractivity contribution < 1.29 is 8.78 Å². The fourth-order valence-corrected chi connectivity index (χ4v) is 2.11. The number of hydrogen-bond acceptors (Lipinski definition) is 1. The first-order valence-corrected chi connectivity index (χ1v) is 6.97. The number of halogens is 3. The van der Waals surface area contributed by atoms with E-state index in [1.165, 1.54) is 12.1 Å². The Kier molecular flexibility index (Phi) is 4.96. The predicted molar refractivity (Wildman–Crippen MR) is 79.7 cm³/mol. The van der Waals surface area contributed by atoms with Crippen LogP contribution in [0.15, 0.2) is 54.6 Å². The van der Waals surface area contributed by atoms with Gasteiger partial charge in [-0.15, -0.1) is 11.6 Å². The van der Waals surface area contributed by atoms with E-state index in [1.54, 1.807) is 30.3 Å². The van der Waals surface area contributed by atoms with Crippen LogP contribution in [0.4, 0.5) is 14.5 Å². The van der Waals surface area contributed by atoms with Crippen molar-refractivity contribution in [2.24, 2.45) is 0 Å². The smallest absolute Gasteiger partial charge is 0.290 e. The van der Waals surface area contributed by atoms with E-state index in [0.717, 1.165) is 12.0 Å². The van der Waals surface area contributed by atoms with Crippen molar-refractivity contribution in [3.05, 3.63) is 65.7 Å². The highest BCUT2D eigenvalue weighted by Crippen LogP contribution is 2.28. The molecule has 0 saturated carbocycles. The topological polar surface area (TPSA) is 12.0 Å². The lowest BCUT2D eigenvalue weighted by Crippen LogP contribution is -2.24. The molecule has 1 N–H and O–H groups in total. The van der Waals surface area contributed by atoms with Crippen LogP contribution in [0.25, 0.3) is 0 Å². The highest BCUT2D eigenvalue weighted by molar-refractivity contribution is 6.17. The predicted octanol–water partition coefficient (Wildman–Crippen LogP) is 4.67. The molecule has 0 aliphatic heterocycles. The summed E-state index contributed by atoms with van der Waals surface area (Å²) in [5.74, 6) is -2.34. The van der Waals surface area contributed by atoms with E-state index in [4.69, 9.17) is 11.6 Å². The summed E-state index contributed by atoms with van der Waals surface area (Å²) in [5.41, 5.74) is 1.80. The average molecular weight is 296 g/mol. The van der Waals surface area contributed by atoms with Gasteiger partial charge in [-0.05, 0) is 24.1 Å². The van der Waals surface area contributed by atoms with Crippen LogP contribution in [0.3, 0.4) is 0 Å². The highest BCUT2D eigenvalue weighted by Gasteiger charge is 2.30. The molecule has 0 aliphatic carbocycles. The van der Waals surface area contributed by atoms with Crippen LogP contribution in [0.2, 0.25) is 0 Å². The zero-order valence-corrected chi connectivity index (χ0v) is 11.7. The Labute approximate surface area is 122 Å². The van der Waals surface area contributed by atoms with Crippen molar-refractivity contribution in [3.8, 4) is 0 Å². The first-order chi connectivity index (χ1) is 9.62. The van der Waals surface area contributed by atoms with E-state index in [0.29, 0.717) is 11.6 Å². The molecule has 2 aromatic carbocycles. The highest BCUT2D eigenvalue weighted by atomic mass is 35.5. The van der Waals surface area contributed by atoms with Gasteiger partial charge in [0.2, 0.25) is 0 Å². The second-order valence-corrected chi connectivity index (χ2v) is 4.94. The molecule has 0 saturated heterocycles. The molecular formula is C16H16ClF2N. The van der Waals surface area contributed by atoms with Crippen molar-refractivity contribution in [2.75, 3.05) is 17.7 Å². The van der Waals surface area contributed by atoms with Gasteiger partial charge in [0.05, 0.1) is 6.54 Å². The number of nitrogens with one attached hydrogen (secondary N) is 1. The number of aryl methyl sites for hydroxylation is 1. The van der Waals surface area contributed by atoms with E-state index in [-0.39, 0.29) is 5.56 Å². The van der Waals surface area contributed by atoms with Gasteiger partial charge in [0.25, 0.3) is 5.92 Å². The molecule has 0 aliphatic rings. The summed E-state index contributed by atoms with van der Waals surface area (Å²) in [6, 6.07) is 15.2. The number of hydrogen-bond donors (Lipinski definition) is 1. The van der Waals surface area contributed by atoms with Crippen LogP contribution in [0.1, 0.15) is 11.1 Å². The first kappa shape index (κ1) is 14.8. The zero-order chi connectivity index (χ0) is 14.4. The maximum Gasteiger partial charge on any atom is 0.290 e. The second kappa shape index (κ2) is 6.71. The molecule has 0 amide bonds. The van der Waals surface area contributed by atoms with Gasteiger partial charge in [0.15, 0.2) is 0 Å². The molecule has 0 unspecified atom stereocenters. The Morgan fingerprint density at radius 1 is 0.950 bits per heavy atom. The molecule has 1 nitrogen and oxygen atoms in total. The lowest BCUT2D eigenvalue weighted by atomic mass is 10.1. The van der Waals surface area contributed by atoms with Crippen molar-refractivity contribution in [1.29, 1.82) is 0 Å². The molecule has 0 fully saturated rings. The Balaban J connectivity index is 1.97. The SMILES string of the molecule is FC(F)(CNc1ccc(CCCl)cc1)c1ccccc1. The molecular weight excluding hydrogens is 280 g/mol. The van der Waals surface area contributed by atoms with E-state index in [9.17, 15) is 8.78 Å². The van der Waals surface area contributed by atoms with Crippen LogP contribution in [-0.4, -0.2) is 12.4 Å². The van der Waals surface area contributed by atoms with Gasteiger partial charge in [-0.3, -0.25) is 0 Å². The van der Waals surface area contributed by atoms with Gasteiger partial charge in [-0.25, -0.2) is 0 Å². The van der Waals surface area contributed by atoms with Crippen LogP contribution in [-0.2, 0) is 12.3 Å². The molecule has 0 aromatic heterocycles. The van der Waals surface area contributed by atoms with Crippen molar-refractivity contribution >= 4 is 17.3 Å². The van der Waals surface area contributed by atoms with Gasteiger partial charge < -0.3 is 5.32 Å². The summed E-state index contributed by atoms with van der Waals surface area (Å²) < 4.78 is 27.9. The van der Waals surface area contributed by atoms with Gasteiger partial charge in [-0.2, -0.15) is 8.78 Å². The minimum absolute atomic E-state index is 0.0197. The number of rotatable bonds is 6. The van der Waals surface area contributed by atoms with Gasteiger partial charge >= 0.3 is 0 Å². The van der Waals surface area contributed by atoms with Crippen LogP contribution in [0.5, 0.6) is 0 Å². The second-order valence-electron chi connectivity index (χ2n) is 4.56. The maximum absolute atomic E-state index is 14.0. The minimum Gasteiger partial charge on any atom is -0.379 e. The van der Waals surface area contributed by atoms with Gasteiger partial charge in [0, 0.05) is 17.1 Å². The van der Waals surface area contributed by atoms with Gasteiger partial charge in [-0.1, -0.05) is 42.5 Å². The third-order valence-electron chi connectivity index (χ3n) is 3.05. The lowest BCUT2D eigenvalue weighted by Gasteiger charge is -2.18. The maximum atomic E-state index is 14.0. The molecule has 4 heteroatoms. The quantitative estimate of drug-likeness (QED) is 0.764. The summed E-state index contributed by atoms with van der Waals surface area (Å²) in [6.45, 7) is -0.425. The van der Waals surface area contributed by atoms with Crippen molar-refractivity contribution in [3.63, 3.8) is 0 Å². The zero-order valence-electron chi connectivity index (χ0n) is 11.0. The fraction of sp³-hybridized carbons (Fsp3) is 0.250. The first-order valence-electron chi connectivity index (χ1n) is 6.44. The molecule has 0 heterocycles. The van der Waals surface area contributed by atoms with Gasteiger partial charge in [0.1, 0.15) is 0 Å². The third kappa shape index (κ3) is 3.94. The van der Waals surface area contributed by atoms with Crippen LogP contribution >= 0.6 is 11.6 Å². The molecule has 0 bridgehead atoms. The number of anilines is 1. The van der Waals surface area contributed by atoms with Crippen molar-refractivity contribution in [1.82, 2.24) is 0 Å². The monoisotopic (exact) mass is 295 g/mol. The number of alkyl halides is 3. The molecule has 2 aromatic rings. The molecule has 0 spiro atoms.